The Balaban J connectivity index is 2.33. The number of carbonyl (C=O) groups excluding carboxylic acids is 1. The Morgan fingerprint density at radius 2 is 1.88 bits per heavy atom. The highest BCUT2D eigenvalue weighted by Crippen LogP contribution is 2.16. The lowest BCUT2D eigenvalue weighted by atomic mass is 10.1. The van der Waals surface area contributed by atoms with Gasteiger partial charge < -0.3 is 0 Å². The zero-order valence-corrected chi connectivity index (χ0v) is 8.68. The predicted octanol–water partition coefficient (Wildman–Crippen LogP) is 1.84. The van der Waals surface area contributed by atoms with E-state index in [1.54, 1.807) is 6.08 Å². The van der Waals surface area contributed by atoms with Crippen molar-refractivity contribution in [2.24, 2.45) is 5.84 Å². The summed E-state index contributed by atoms with van der Waals surface area (Å²) in [6, 6.07) is 14.1. The third kappa shape index (κ3) is 2.27. The van der Waals surface area contributed by atoms with Crippen molar-refractivity contribution in [3.63, 3.8) is 0 Å². The Morgan fingerprint density at radius 3 is 2.62 bits per heavy atom. The van der Waals surface area contributed by atoms with Gasteiger partial charge in [-0.3, -0.25) is 10.2 Å². The van der Waals surface area contributed by atoms with Crippen molar-refractivity contribution in [2.75, 3.05) is 0 Å². The molecule has 0 aliphatic rings. The quantitative estimate of drug-likeness (QED) is 0.345. The van der Waals surface area contributed by atoms with E-state index in [-0.39, 0.29) is 5.91 Å². The third-order valence-electron chi connectivity index (χ3n) is 2.34. The summed E-state index contributed by atoms with van der Waals surface area (Å²) in [5.74, 6) is 4.66. The van der Waals surface area contributed by atoms with Crippen LogP contribution in [0.1, 0.15) is 5.56 Å². The first kappa shape index (κ1) is 10.4. The summed E-state index contributed by atoms with van der Waals surface area (Å²) in [7, 11) is 0. The molecule has 0 radical (unpaired) electrons. The van der Waals surface area contributed by atoms with Gasteiger partial charge in [-0.15, -0.1) is 0 Å². The fraction of sp³-hybridized carbons (Fsp3) is 0. The molecule has 2 aromatic carbocycles. The van der Waals surface area contributed by atoms with E-state index in [1.807, 2.05) is 41.8 Å². The minimum Gasteiger partial charge on any atom is -0.291 e. The lowest BCUT2D eigenvalue weighted by Crippen LogP contribution is -2.27. The van der Waals surface area contributed by atoms with Gasteiger partial charge in [0.2, 0.25) is 0 Å². The molecule has 0 fully saturated rings. The lowest BCUT2D eigenvalue weighted by molar-refractivity contribution is -0.116. The molecule has 0 aliphatic carbocycles. The van der Waals surface area contributed by atoms with Crippen molar-refractivity contribution in [3.05, 3.63) is 54.1 Å². The van der Waals surface area contributed by atoms with Crippen LogP contribution in [0.5, 0.6) is 0 Å². The van der Waals surface area contributed by atoms with Crippen LogP contribution in [0.15, 0.2) is 48.5 Å². The second-order valence-electron chi connectivity index (χ2n) is 3.45. The van der Waals surface area contributed by atoms with Crippen molar-refractivity contribution in [2.45, 2.75) is 0 Å². The molecule has 2 rings (SSSR count). The summed E-state index contributed by atoms with van der Waals surface area (Å²) in [5, 5.41) is 2.33. The van der Waals surface area contributed by atoms with E-state index in [1.165, 1.54) is 11.5 Å². The SMILES string of the molecule is NNC(=O)C=Cc1ccc2ccccc2c1. The van der Waals surface area contributed by atoms with E-state index >= 15 is 0 Å². The maximum atomic E-state index is 10.9. The number of rotatable bonds is 2. The van der Waals surface area contributed by atoms with Crippen molar-refractivity contribution in [1.29, 1.82) is 0 Å². The first-order chi connectivity index (χ1) is 7.79. The Morgan fingerprint density at radius 1 is 1.12 bits per heavy atom. The summed E-state index contributed by atoms with van der Waals surface area (Å²) in [5.41, 5.74) is 3.02. The maximum Gasteiger partial charge on any atom is 0.257 e. The number of nitrogens with one attached hydrogen (secondary N) is 1. The molecule has 0 aliphatic heterocycles. The Kier molecular flexibility index (Phi) is 2.98. The van der Waals surface area contributed by atoms with Crippen LogP contribution in [0.4, 0.5) is 0 Å². The highest BCUT2D eigenvalue weighted by molar-refractivity contribution is 5.92. The first-order valence-corrected chi connectivity index (χ1v) is 4.97. The molecular formula is C13H12N2O. The number of benzene rings is 2. The smallest absolute Gasteiger partial charge is 0.257 e. The Hall–Kier alpha value is -2.13. The zero-order valence-electron chi connectivity index (χ0n) is 8.68. The Labute approximate surface area is 93.5 Å². The summed E-state index contributed by atoms with van der Waals surface area (Å²) in [6.45, 7) is 0. The van der Waals surface area contributed by atoms with Crippen LogP contribution in [0.2, 0.25) is 0 Å². The number of fused-ring (bicyclic) bond motifs is 1. The van der Waals surface area contributed by atoms with Crippen LogP contribution in [0, 0.1) is 0 Å². The van der Waals surface area contributed by atoms with E-state index in [9.17, 15) is 4.79 Å². The van der Waals surface area contributed by atoms with Gasteiger partial charge in [0.1, 0.15) is 0 Å². The molecule has 3 nitrogen and oxygen atoms in total. The van der Waals surface area contributed by atoms with Gasteiger partial charge in [0, 0.05) is 6.08 Å². The first-order valence-electron chi connectivity index (χ1n) is 4.97. The van der Waals surface area contributed by atoms with E-state index in [4.69, 9.17) is 5.84 Å². The van der Waals surface area contributed by atoms with Crippen LogP contribution in [0.3, 0.4) is 0 Å². The van der Waals surface area contributed by atoms with E-state index < -0.39 is 0 Å². The molecule has 2 aromatic rings. The summed E-state index contributed by atoms with van der Waals surface area (Å²) in [6.07, 6.45) is 3.14. The second-order valence-corrected chi connectivity index (χ2v) is 3.45. The Bertz CT molecular complexity index is 546. The lowest BCUT2D eigenvalue weighted by Gasteiger charge is -1.98. The minimum absolute atomic E-state index is 0.312. The van der Waals surface area contributed by atoms with Gasteiger partial charge in [0.05, 0.1) is 0 Å². The normalized spacial score (nSPS) is 10.8. The van der Waals surface area contributed by atoms with Crippen LogP contribution in [-0.4, -0.2) is 5.91 Å². The molecular weight excluding hydrogens is 200 g/mol. The van der Waals surface area contributed by atoms with Crippen molar-refractivity contribution >= 4 is 22.8 Å². The van der Waals surface area contributed by atoms with E-state index in [0.29, 0.717) is 0 Å². The number of carbonyl (C=O) groups is 1. The van der Waals surface area contributed by atoms with Gasteiger partial charge in [-0.2, -0.15) is 0 Å². The van der Waals surface area contributed by atoms with Gasteiger partial charge in [-0.05, 0) is 28.5 Å². The molecule has 0 aromatic heterocycles. The number of hydrogen-bond acceptors (Lipinski definition) is 2. The third-order valence-corrected chi connectivity index (χ3v) is 2.34. The molecule has 0 spiro atoms. The summed E-state index contributed by atoms with van der Waals surface area (Å²) < 4.78 is 0. The van der Waals surface area contributed by atoms with Gasteiger partial charge in [0.15, 0.2) is 0 Å². The number of hydrazine groups is 1. The van der Waals surface area contributed by atoms with E-state index in [2.05, 4.69) is 6.07 Å². The molecule has 0 saturated carbocycles. The van der Waals surface area contributed by atoms with E-state index in [0.717, 1.165) is 10.9 Å². The molecule has 1 amide bonds. The molecule has 0 heterocycles. The summed E-state index contributed by atoms with van der Waals surface area (Å²) >= 11 is 0. The average Bonchev–Trinajstić information content (AvgIpc) is 2.35. The van der Waals surface area contributed by atoms with Crippen LogP contribution in [0.25, 0.3) is 16.8 Å². The topological polar surface area (TPSA) is 55.1 Å². The maximum absolute atomic E-state index is 10.9. The molecule has 0 unspecified atom stereocenters. The van der Waals surface area contributed by atoms with Crippen LogP contribution >= 0.6 is 0 Å². The zero-order chi connectivity index (χ0) is 11.4. The molecule has 16 heavy (non-hydrogen) atoms. The highest BCUT2D eigenvalue weighted by Gasteiger charge is 1.94. The van der Waals surface area contributed by atoms with Gasteiger partial charge in [-0.1, -0.05) is 36.4 Å². The van der Waals surface area contributed by atoms with Crippen LogP contribution < -0.4 is 11.3 Å². The predicted molar refractivity (Wildman–Crippen MR) is 65.3 cm³/mol. The van der Waals surface area contributed by atoms with Gasteiger partial charge in [-0.25, -0.2) is 5.84 Å². The molecule has 0 saturated heterocycles. The number of hydrogen-bond donors (Lipinski definition) is 2. The summed E-state index contributed by atoms with van der Waals surface area (Å²) in [4.78, 5) is 10.9. The highest BCUT2D eigenvalue weighted by atomic mass is 16.2. The second kappa shape index (κ2) is 4.59. The average molecular weight is 212 g/mol. The van der Waals surface area contributed by atoms with Crippen molar-refractivity contribution in [3.8, 4) is 0 Å². The minimum atomic E-state index is -0.312. The molecule has 3 N–H and O–H groups in total. The standard InChI is InChI=1S/C13H12N2O/c14-15-13(16)8-6-10-5-7-11-3-1-2-4-12(11)9-10/h1-9H,14H2,(H,15,16). The fourth-order valence-corrected chi connectivity index (χ4v) is 1.53. The van der Waals surface area contributed by atoms with Gasteiger partial charge >= 0.3 is 0 Å². The molecule has 80 valence electrons. The molecule has 0 atom stereocenters. The molecule has 0 bridgehead atoms. The van der Waals surface area contributed by atoms with Crippen LogP contribution in [-0.2, 0) is 4.79 Å². The van der Waals surface area contributed by atoms with Crippen molar-refractivity contribution in [1.82, 2.24) is 5.43 Å². The monoisotopic (exact) mass is 212 g/mol. The fourth-order valence-electron chi connectivity index (χ4n) is 1.53. The molecule has 3 heteroatoms. The van der Waals surface area contributed by atoms with Crippen molar-refractivity contribution < 1.29 is 4.79 Å². The largest absolute Gasteiger partial charge is 0.291 e. The number of nitrogens with two attached hydrogens (primary N) is 1. The number of amides is 1. The van der Waals surface area contributed by atoms with Gasteiger partial charge in [0.25, 0.3) is 5.91 Å².